The highest BCUT2D eigenvalue weighted by Crippen LogP contribution is 2.26. The van der Waals surface area contributed by atoms with Crippen LogP contribution in [-0.2, 0) is 0 Å². The summed E-state index contributed by atoms with van der Waals surface area (Å²) in [6.07, 6.45) is 0. The lowest BCUT2D eigenvalue weighted by molar-refractivity contribution is -0.0498. The normalized spacial score (nSPS) is 10.8. The Morgan fingerprint density at radius 3 is 2.33 bits per heavy atom. The van der Waals surface area contributed by atoms with Gasteiger partial charge in [0.15, 0.2) is 5.69 Å². The van der Waals surface area contributed by atoms with Crippen molar-refractivity contribution in [2.45, 2.75) is 6.61 Å². The van der Waals surface area contributed by atoms with Crippen molar-refractivity contribution in [3.05, 3.63) is 60.3 Å². The zero-order valence-electron chi connectivity index (χ0n) is 12.1. The molecule has 1 heterocycles. The molecule has 3 aromatic rings. The Hall–Kier alpha value is -3.29. The van der Waals surface area contributed by atoms with Crippen molar-refractivity contribution >= 4 is 5.97 Å². The topological polar surface area (TPSA) is 77.2 Å². The SMILES string of the molecule is O=C(O)c1nnn(-c2ccc(OC(F)F)cc2)c1-c1ccccc1. The lowest BCUT2D eigenvalue weighted by Crippen LogP contribution is -2.04. The van der Waals surface area contributed by atoms with Crippen LogP contribution in [-0.4, -0.2) is 32.7 Å². The molecule has 0 unspecified atom stereocenters. The number of carboxylic acids is 1. The van der Waals surface area contributed by atoms with Gasteiger partial charge in [0.25, 0.3) is 0 Å². The van der Waals surface area contributed by atoms with Crippen molar-refractivity contribution in [3.63, 3.8) is 0 Å². The molecule has 0 radical (unpaired) electrons. The smallest absolute Gasteiger partial charge is 0.387 e. The van der Waals surface area contributed by atoms with E-state index in [0.717, 1.165) is 0 Å². The van der Waals surface area contributed by atoms with E-state index < -0.39 is 12.6 Å². The number of ether oxygens (including phenoxy) is 1. The third-order valence-corrected chi connectivity index (χ3v) is 3.23. The van der Waals surface area contributed by atoms with Crippen molar-refractivity contribution in [2.24, 2.45) is 0 Å². The number of rotatable bonds is 5. The maximum absolute atomic E-state index is 12.2. The predicted molar refractivity (Wildman–Crippen MR) is 80.4 cm³/mol. The number of halogens is 2. The Kier molecular flexibility index (Phi) is 4.19. The highest BCUT2D eigenvalue weighted by molar-refractivity contribution is 5.93. The number of aromatic carboxylic acids is 1. The Labute approximate surface area is 134 Å². The Balaban J connectivity index is 2.07. The van der Waals surface area contributed by atoms with Gasteiger partial charge in [-0.25, -0.2) is 9.48 Å². The van der Waals surface area contributed by atoms with Gasteiger partial charge in [-0.2, -0.15) is 8.78 Å². The monoisotopic (exact) mass is 331 g/mol. The second kappa shape index (κ2) is 6.45. The van der Waals surface area contributed by atoms with Gasteiger partial charge in [0.2, 0.25) is 0 Å². The average Bonchev–Trinajstić information content (AvgIpc) is 3.01. The maximum atomic E-state index is 12.2. The van der Waals surface area contributed by atoms with Crippen LogP contribution < -0.4 is 4.74 Å². The highest BCUT2D eigenvalue weighted by Gasteiger charge is 2.21. The molecule has 0 aliphatic rings. The van der Waals surface area contributed by atoms with E-state index in [1.54, 1.807) is 30.3 Å². The molecule has 3 rings (SSSR count). The van der Waals surface area contributed by atoms with Gasteiger partial charge in [-0.15, -0.1) is 5.10 Å². The predicted octanol–water partition coefficient (Wildman–Crippen LogP) is 3.23. The second-order valence-electron chi connectivity index (χ2n) is 4.74. The number of hydrogen-bond donors (Lipinski definition) is 1. The van der Waals surface area contributed by atoms with Crippen molar-refractivity contribution < 1.29 is 23.4 Å². The summed E-state index contributed by atoms with van der Waals surface area (Å²) in [6, 6.07) is 14.5. The lowest BCUT2D eigenvalue weighted by atomic mass is 10.1. The standard InChI is InChI=1S/C16H11F2N3O3/c17-16(18)24-12-8-6-11(7-9-12)21-14(10-4-2-1-3-5-10)13(15(22)23)19-20-21/h1-9,16H,(H,22,23). The molecule has 6 nitrogen and oxygen atoms in total. The van der Waals surface area contributed by atoms with E-state index in [1.807, 2.05) is 0 Å². The van der Waals surface area contributed by atoms with E-state index in [-0.39, 0.29) is 11.4 Å². The summed E-state index contributed by atoms with van der Waals surface area (Å²) in [7, 11) is 0. The fourth-order valence-corrected chi connectivity index (χ4v) is 2.23. The van der Waals surface area contributed by atoms with Gasteiger partial charge < -0.3 is 9.84 Å². The maximum Gasteiger partial charge on any atom is 0.387 e. The largest absolute Gasteiger partial charge is 0.476 e. The first-order valence-corrected chi connectivity index (χ1v) is 6.86. The van der Waals surface area contributed by atoms with E-state index in [1.165, 1.54) is 28.9 Å². The summed E-state index contributed by atoms with van der Waals surface area (Å²) in [6.45, 7) is -2.92. The number of alkyl halides is 2. The molecule has 0 fully saturated rings. The minimum Gasteiger partial charge on any atom is -0.476 e. The fourth-order valence-electron chi connectivity index (χ4n) is 2.23. The lowest BCUT2D eigenvalue weighted by Gasteiger charge is -2.09. The van der Waals surface area contributed by atoms with E-state index in [0.29, 0.717) is 16.9 Å². The highest BCUT2D eigenvalue weighted by atomic mass is 19.3. The van der Waals surface area contributed by atoms with E-state index in [4.69, 9.17) is 0 Å². The summed E-state index contributed by atoms with van der Waals surface area (Å²) < 4.78 is 30.0. The number of carbonyl (C=O) groups is 1. The molecule has 0 aliphatic carbocycles. The van der Waals surface area contributed by atoms with Gasteiger partial charge in [0.05, 0.1) is 5.69 Å². The summed E-state index contributed by atoms with van der Waals surface area (Å²) in [4.78, 5) is 11.4. The van der Waals surface area contributed by atoms with Crippen LogP contribution in [0.4, 0.5) is 8.78 Å². The van der Waals surface area contributed by atoms with E-state index in [9.17, 15) is 18.7 Å². The zero-order chi connectivity index (χ0) is 17.1. The Bertz CT molecular complexity index is 849. The summed E-state index contributed by atoms with van der Waals surface area (Å²) in [5.41, 5.74) is 1.18. The minimum atomic E-state index is -2.92. The zero-order valence-corrected chi connectivity index (χ0v) is 12.1. The van der Waals surface area contributed by atoms with Crippen molar-refractivity contribution in [3.8, 4) is 22.7 Å². The van der Waals surface area contributed by atoms with Gasteiger partial charge in [-0.3, -0.25) is 0 Å². The van der Waals surface area contributed by atoms with Crippen molar-refractivity contribution in [2.75, 3.05) is 0 Å². The van der Waals surface area contributed by atoms with Gasteiger partial charge in [-0.1, -0.05) is 35.5 Å². The number of nitrogens with zero attached hydrogens (tertiary/aromatic N) is 3. The molecule has 0 spiro atoms. The molecule has 0 bridgehead atoms. The quantitative estimate of drug-likeness (QED) is 0.777. The molecular weight excluding hydrogens is 320 g/mol. The summed E-state index contributed by atoms with van der Waals surface area (Å²) >= 11 is 0. The fraction of sp³-hybridized carbons (Fsp3) is 0.0625. The number of hydrogen-bond acceptors (Lipinski definition) is 4. The molecule has 1 aromatic heterocycles. The third kappa shape index (κ3) is 3.07. The van der Waals surface area contributed by atoms with Crippen LogP contribution >= 0.6 is 0 Å². The summed E-state index contributed by atoms with van der Waals surface area (Å²) in [5, 5.41) is 16.9. The van der Waals surface area contributed by atoms with Gasteiger partial charge in [0, 0.05) is 5.56 Å². The molecule has 0 aliphatic heterocycles. The van der Waals surface area contributed by atoms with Crippen LogP contribution in [0, 0.1) is 0 Å². The first kappa shape index (κ1) is 15.6. The van der Waals surface area contributed by atoms with Crippen molar-refractivity contribution in [1.82, 2.24) is 15.0 Å². The van der Waals surface area contributed by atoms with Gasteiger partial charge >= 0.3 is 12.6 Å². The number of carboxylic acid groups (broad SMARTS) is 1. The van der Waals surface area contributed by atoms with Crippen LogP contribution in [0.2, 0.25) is 0 Å². The minimum absolute atomic E-state index is 0.00594. The van der Waals surface area contributed by atoms with Crippen LogP contribution in [0.5, 0.6) is 5.75 Å². The average molecular weight is 331 g/mol. The van der Waals surface area contributed by atoms with Crippen LogP contribution in [0.1, 0.15) is 10.5 Å². The first-order chi connectivity index (χ1) is 11.6. The van der Waals surface area contributed by atoms with Crippen LogP contribution in [0.3, 0.4) is 0 Å². The van der Waals surface area contributed by atoms with Crippen molar-refractivity contribution in [1.29, 1.82) is 0 Å². The van der Waals surface area contributed by atoms with Crippen LogP contribution in [0.15, 0.2) is 54.6 Å². The molecule has 0 atom stereocenters. The molecule has 1 N–H and O–H groups in total. The molecule has 8 heteroatoms. The molecule has 0 amide bonds. The molecule has 0 saturated heterocycles. The first-order valence-electron chi connectivity index (χ1n) is 6.86. The molecule has 24 heavy (non-hydrogen) atoms. The van der Waals surface area contributed by atoms with Crippen LogP contribution in [0.25, 0.3) is 16.9 Å². The van der Waals surface area contributed by atoms with Gasteiger partial charge in [0.1, 0.15) is 11.4 Å². The Morgan fingerprint density at radius 2 is 1.75 bits per heavy atom. The second-order valence-corrected chi connectivity index (χ2v) is 4.74. The van der Waals surface area contributed by atoms with E-state index >= 15 is 0 Å². The summed E-state index contributed by atoms with van der Waals surface area (Å²) in [5.74, 6) is -1.22. The Morgan fingerprint density at radius 1 is 1.08 bits per heavy atom. The third-order valence-electron chi connectivity index (χ3n) is 3.23. The molecule has 0 saturated carbocycles. The number of benzene rings is 2. The number of aromatic nitrogens is 3. The molecular formula is C16H11F2N3O3. The molecule has 122 valence electrons. The van der Waals surface area contributed by atoms with Gasteiger partial charge in [-0.05, 0) is 24.3 Å². The van der Waals surface area contributed by atoms with E-state index in [2.05, 4.69) is 15.0 Å². The molecule has 2 aromatic carbocycles.